The van der Waals surface area contributed by atoms with Crippen molar-refractivity contribution in [1.82, 2.24) is 5.32 Å². The van der Waals surface area contributed by atoms with Gasteiger partial charge in [0.25, 0.3) is 15.9 Å². The van der Waals surface area contributed by atoms with Gasteiger partial charge in [-0.15, -0.1) is 0 Å². The Morgan fingerprint density at radius 3 is 2.41 bits per heavy atom. The van der Waals surface area contributed by atoms with Gasteiger partial charge in [-0.1, -0.05) is 23.7 Å². The minimum Gasteiger partial charge on any atom is -0.486 e. The molecule has 0 fully saturated rings. The van der Waals surface area contributed by atoms with Crippen molar-refractivity contribution in [1.29, 1.82) is 0 Å². The van der Waals surface area contributed by atoms with Crippen molar-refractivity contribution in [3.8, 4) is 11.5 Å². The molecule has 34 heavy (non-hydrogen) atoms. The van der Waals surface area contributed by atoms with Gasteiger partial charge >= 0.3 is 0 Å². The number of halogens is 1. The highest BCUT2D eigenvalue weighted by Gasteiger charge is 2.22. The van der Waals surface area contributed by atoms with Crippen LogP contribution in [0.1, 0.15) is 40.0 Å². The zero-order valence-electron chi connectivity index (χ0n) is 19.0. The van der Waals surface area contributed by atoms with Crippen LogP contribution in [0.3, 0.4) is 0 Å². The Labute approximate surface area is 204 Å². The lowest BCUT2D eigenvalue weighted by molar-refractivity contribution is 0.0939. The van der Waals surface area contributed by atoms with Gasteiger partial charge in [0.05, 0.1) is 11.1 Å². The molecule has 0 saturated heterocycles. The molecule has 0 unspecified atom stereocenters. The molecule has 1 aliphatic rings. The Hall–Kier alpha value is -3.23. The third-order valence-electron chi connectivity index (χ3n) is 5.66. The summed E-state index contributed by atoms with van der Waals surface area (Å²) in [4.78, 5) is 12.7. The van der Waals surface area contributed by atoms with E-state index in [-0.39, 0.29) is 21.5 Å². The van der Waals surface area contributed by atoms with E-state index >= 15 is 0 Å². The minimum atomic E-state index is -4.01. The number of nitrogens with one attached hydrogen (secondary N) is 2. The van der Waals surface area contributed by atoms with Gasteiger partial charge in [0.15, 0.2) is 11.5 Å². The largest absolute Gasteiger partial charge is 0.486 e. The number of hydrogen-bond acceptors (Lipinski definition) is 5. The molecule has 0 aliphatic carbocycles. The van der Waals surface area contributed by atoms with Gasteiger partial charge < -0.3 is 14.8 Å². The Balaban J connectivity index is 1.53. The van der Waals surface area contributed by atoms with Crippen molar-refractivity contribution in [2.75, 3.05) is 17.9 Å². The van der Waals surface area contributed by atoms with E-state index in [1.54, 1.807) is 18.2 Å². The first-order valence-electron chi connectivity index (χ1n) is 10.7. The summed E-state index contributed by atoms with van der Waals surface area (Å²) in [5.74, 6) is 0.862. The summed E-state index contributed by atoms with van der Waals surface area (Å²) < 4.78 is 39.7. The van der Waals surface area contributed by atoms with Crippen LogP contribution >= 0.6 is 11.6 Å². The molecule has 1 aliphatic heterocycles. The van der Waals surface area contributed by atoms with Gasteiger partial charge in [0.2, 0.25) is 0 Å². The summed E-state index contributed by atoms with van der Waals surface area (Å²) in [5, 5.41) is 2.91. The van der Waals surface area contributed by atoms with E-state index in [1.807, 2.05) is 39.0 Å². The Morgan fingerprint density at radius 2 is 1.68 bits per heavy atom. The summed E-state index contributed by atoms with van der Waals surface area (Å²) in [6.45, 7) is 6.64. The number of fused-ring (bicyclic) bond motifs is 1. The number of ether oxygens (including phenoxy) is 2. The number of carbonyl (C=O) groups excluding carboxylic acids is 1. The summed E-state index contributed by atoms with van der Waals surface area (Å²) in [5.41, 5.74) is 3.42. The molecule has 1 heterocycles. The topological polar surface area (TPSA) is 93.7 Å². The standard InChI is InChI=1S/C25H25ClN2O5S/c1-15-4-7-20(12-16(15)2)28-34(30,31)24-14-19(5-8-21(24)26)25(29)27-17(3)18-6-9-22-23(13-18)33-11-10-32-22/h4-9,12-14,17,28H,10-11H2,1-3H3,(H,27,29)/t17-/m1/s1. The first-order chi connectivity index (χ1) is 16.1. The van der Waals surface area contributed by atoms with Gasteiger partial charge in [-0.3, -0.25) is 9.52 Å². The highest BCUT2D eigenvalue weighted by atomic mass is 35.5. The number of amides is 1. The fourth-order valence-electron chi connectivity index (χ4n) is 3.56. The first kappa shape index (κ1) is 23.9. The van der Waals surface area contributed by atoms with E-state index < -0.39 is 15.9 Å². The molecule has 3 aromatic rings. The van der Waals surface area contributed by atoms with E-state index in [1.165, 1.54) is 18.2 Å². The van der Waals surface area contributed by atoms with Crippen LogP contribution in [0.4, 0.5) is 5.69 Å². The van der Waals surface area contributed by atoms with E-state index in [0.29, 0.717) is 30.4 Å². The zero-order valence-corrected chi connectivity index (χ0v) is 20.6. The summed E-state index contributed by atoms with van der Waals surface area (Å²) in [6.07, 6.45) is 0. The van der Waals surface area contributed by atoms with Crippen LogP contribution in [0.2, 0.25) is 5.02 Å². The highest BCUT2D eigenvalue weighted by Crippen LogP contribution is 2.33. The normalized spacial score (nSPS) is 13.8. The molecule has 0 saturated carbocycles. The van der Waals surface area contributed by atoms with Gasteiger partial charge in [-0.2, -0.15) is 0 Å². The monoisotopic (exact) mass is 500 g/mol. The fraction of sp³-hybridized carbons (Fsp3) is 0.240. The Kier molecular flexibility index (Phi) is 6.72. The van der Waals surface area contributed by atoms with Gasteiger partial charge in [0, 0.05) is 11.3 Å². The average Bonchev–Trinajstić information content (AvgIpc) is 2.81. The van der Waals surface area contributed by atoms with Crippen LogP contribution in [0.5, 0.6) is 11.5 Å². The molecule has 178 valence electrons. The van der Waals surface area contributed by atoms with E-state index in [9.17, 15) is 13.2 Å². The van der Waals surface area contributed by atoms with E-state index in [0.717, 1.165) is 16.7 Å². The second-order valence-corrected chi connectivity index (χ2v) is 10.2. The fourth-order valence-corrected chi connectivity index (χ4v) is 5.13. The molecule has 7 nitrogen and oxygen atoms in total. The van der Waals surface area contributed by atoms with Crippen LogP contribution in [0.15, 0.2) is 59.5 Å². The van der Waals surface area contributed by atoms with E-state index in [2.05, 4.69) is 10.0 Å². The molecule has 1 atom stereocenters. The Morgan fingerprint density at radius 1 is 0.941 bits per heavy atom. The lowest BCUT2D eigenvalue weighted by Crippen LogP contribution is -2.27. The molecule has 3 aromatic carbocycles. The second kappa shape index (κ2) is 9.56. The lowest BCUT2D eigenvalue weighted by atomic mass is 10.1. The summed E-state index contributed by atoms with van der Waals surface area (Å²) >= 11 is 6.20. The molecule has 0 spiro atoms. The SMILES string of the molecule is Cc1ccc(NS(=O)(=O)c2cc(C(=O)N[C@H](C)c3ccc4c(c3)OCCO4)ccc2Cl)cc1C. The number of anilines is 1. The number of aryl methyl sites for hydroxylation is 2. The maximum Gasteiger partial charge on any atom is 0.263 e. The van der Waals surface area contributed by atoms with Crippen molar-refractivity contribution in [2.24, 2.45) is 0 Å². The number of rotatable bonds is 6. The molecular formula is C25H25ClN2O5S. The minimum absolute atomic E-state index is 0.0211. The van der Waals surface area contributed by atoms with Gasteiger partial charge in [-0.25, -0.2) is 8.42 Å². The van der Waals surface area contributed by atoms with E-state index in [4.69, 9.17) is 21.1 Å². The molecule has 1 amide bonds. The third-order valence-corrected chi connectivity index (χ3v) is 7.52. The molecule has 0 radical (unpaired) electrons. The predicted molar refractivity (Wildman–Crippen MR) is 131 cm³/mol. The maximum absolute atomic E-state index is 13.0. The molecule has 0 bridgehead atoms. The number of hydrogen-bond donors (Lipinski definition) is 2. The van der Waals surface area contributed by atoms with Gasteiger partial charge in [0.1, 0.15) is 18.1 Å². The smallest absolute Gasteiger partial charge is 0.263 e. The van der Waals surface area contributed by atoms with Crippen molar-refractivity contribution in [3.05, 3.63) is 81.9 Å². The van der Waals surface area contributed by atoms with Crippen LogP contribution in [-0.2, 0) is 10.0 Å². The molecule has 4 rings (SSSR count). The van der Waals surface area contributed by atoms with Crippen LogP contribution < -0.4 is 19.5 Å². The maximum atomic E-state index is 13.0. The van der Waals surface area contributed by atoms with Crippen LogP contribution in [0.25, 0.3) is 0 Å². The predicted octanol–water partition coefficient (Wildman–Crippen LogP) is 5.02. The third kappa shape index (κ3) is 5.13. The first-order valence-corrected chi connectivity index (χ1v) is 12.6. The van der Waals surface area contributed by atoms with Gasteiger partial charge in [-0.05, 0) is 79.9 Å². The van der Waals surface area contributed by atoms with Crippen molar-refractivity contribution >= 4 is 33.2 Å². The quantitative estimate of drug-likeness (QED) is 0.495. The van der Waals surface area contributed by atoms with Crippen molar-refractivity contribution < 1.29 is 22.7 Å². The van der Waals surface area contributed by atoms with Crippen LogP contribution in [-0.4, -0.2) is 27.5 Å². The summed E-state index contributed by atoms with van der Waals surface area (Å²) in [6, 6.07) is 14.5. The Bertz CT molecular complexity index is 1360. The molecule has 2 N–H and O–H groups in total. The number of sulfonamides is 1. The zero-order chi connectivity index (χ0) is 24.5. The average molecular weight is 501 g/mol. The number of carbonyl (C=O) groups is 1. The van der Waals surface area contributed by atoms with Crippen molar-refractivity contribution in [2.45, 2.75) is 31.7 Å². The second-order valence-electron chi connectivity index (χ2n) is 8.15. The summed E-state index contributed by atoms with van der Waals surface area (Å²) in [7, 11) is -4.01. The molecule has 9 heteroatoms. The van der Waals surface area contributed by atoms with Crippen LogP contribution in [0, 0.1) is 13.8 Å². The molecular weight excluding hydrogens is 476 g/mol. The van der Waals surface area contributed by atoms with Crippen molar-refractivity contribution in [3.63, 3.8) is 0 Å². The number of benzene rings is 3. The highest BCUT2D eigenvalue weighted by molar-refractivity contribution is 7.92. The lowest BCUT2D eigenvalue weighted by Gasteiger charge is -2.21. The molecule has 0 aromatic heterocycles.